The molecule has 3 rings (SSSR count). The number of aromatic nitrogens is 2. The summed E-state index contributed by atoms with van der Waals surface area (Å²) in [6.07, 6.45) is 1.65. The van der Waals surface area contributed by atoms with Gasteiger partial charge < -0.3 is 10.6 Å². The maximum Gasteiger partial charge on any atom is 0.176 e. The van der Waals surface area contributed by atoms with E-state index in [0.717, 1.165) is 11.3 Å². The molecule has 0 amide bonds. The third kappa shape index (κ3) is 4.92. The van der Waals surface area contributed by atoms with Gasteiger partial charge in [0, 0.05) is 16.9 Å². The average molecular weight is 395 g/mol. The molecule has 1 aromatic heterocycles. The van der Waals surface area contributed by atoms with Gasteiger partial charge in [-0.15, -0.1) is 0 Å². The fourth-order valence-electron chi connectivity index (χ4n) is 2.22. The molecule has 0 aliphatic heterocycles. The van der Waals surface area contributed by atoms with Crippen molar-refractivity contribution in [1.82, 2.24) is 9.78 Å². The summed E-state index contributed by atoms with van der Waals surface area (Å²) in [6, 6.07) is 13.5. The van der Waals surface area contributed by atoms with Crippen molar-refractivity contribution in [3.05, 3.63) is 76.2 Å². The molecule has 8 heteroatoms. The molecule has 2 N–H and O–H groups in total. The van der Waals surface area contributed by atoms with Gasteiger partial charge >= 0.3 is 0 Å². The van der Waals surface area contributed by atoms with Crippen LogP contribution in [-0.4, -0.2) is 14.9 Å². The number of nitrogens with zero attached hydrogens (tertiary/aromatic N) is 2. The molecule has 0 atom stereocenters. The zero-order chi connectivity index (χ0) is 17.8. The molecule has 0 spiro atoms. The molecular weight excluding hydrogens is 382 g/mol. The highest BCUT2D eigenvalue weighted by Gasteiger charge is 2.09. The zero-order valence-corrected chi connectivity index (χ0v) is 15.2. The molecule has 0 bridgehead atoms. The third-order valence-electron chi connectivity index (χ3n) is 3.27. The summed E-state index contributed by atoms with van der Waals surface area (Å²) in [7, 11) is 0. The molecule has 4 nitrogen and oxygen atoms in total. The first-order chi connectivity index (χ1) is 12.0. The second-order valence-electron chi connectivity index (χ2n) is 5.24. The van der Waals surface area contributed by atoms with Crippen LogP contribution in [0.5, 0.6) is 0 Å². The van der Waals surface area contributed by atoms with Gasteiger partial charge in [0.25, 0.3) is 0 Å². The molecule has 128 valence electrons. The van der Waals surface area contributed by atoms with Crippen molar-refractivity contribution in [3.8, 4) is 0 Å². The number of halogens is 3. The number of benzene rings is 2. The molecule has 0 unspecified atom stereocenters. The molecule has 0 aliphatic rings. The lowest BCUT2D eigenvalue weighted by atomic mass is 10.2. The predicted octanol–water partition coefficient (Wildman–Crippen LogP) is 5.19. The number of hydrogen-bond acceptors (Lipinski definition) is 2. The summed E-state index contributed by atoms with van der Waals surface area (Å²) in [5.41, 5.74) is 1.53. The molecule has 0 fully saturated rings. The van der Waals surface area contributed by atoms with E-state index in [1.54, 1.807) is 29.1 Å². The molecule has 0 saturated heterocycles. The van der Waals surface area contributed by atoms with Crippen LogP contribution in [0.4, 0.5) is 15.9 Å². The van der Waals surface area contributed by atoms with Crippen molar-refractivity contribution in [2.75, 3.05) is 10.6 Å². The van der Waals surface area contributed by atoms with Crippen molar-refractivity contribution < 1.29 is 4.39 Å². The van der Waals surface area contributed by atoms with Crippen LogP contribution in [0, 0.1) is 5.82 Å². The number of thiocarbonyl (C=S) groups is 1. The van der Waals surface area contributed by atoms with Gasteiger partial charge in [-0.1, -0.05) is 41.4 Å². The Balaban J connectivity index is 1.67. The lowest BCUT2D eigenvalue weighted by Gasteiger charge is -2.09. The van der Waals surface area contributed by atoms with Crippen molar-refractivity contribution in [1.29, 1.82) is 0 Å². The van der Waals surface area contributed by atoms with Crippen LogP contribution in [0.3, 0.4) is 0 Å². The van der Waals surface area contributed by atoms with E-state index < -0.39 is 0 Å². The smallest absolute Gasteiger partial charge is 0.176 e. The van der Waals surface area contributed by atoms with Gasteiger partial charge in [-0.25, -0.2) is 4.39 Å². The summed E-state index contributed by atoms with van der Waals surface area (Å²) in [6.45, 7) is 0.396. The molecule has 1 heterocycles. The molecular formula is C17H13Cl2FN4S. The summed E-state index contributed by atoms with van der Waals surface area (Å²) in [5.74, 6) is 0.124. The second kappa shape index (κ2) is 7.82. The number of anilines is 2. The van der Waals surface area contributed by atoms with Crippen molar-refractivity contribution in [2.24, 2.45) is 0 Å². The van der Waals surface area contributed by atoms with Crippen molar-refractivity contribution in [3.63, 3.8) is 0 Å². The van der Waals surface area contributed by atoms with Crippen LogP contribution in [0.2, 0.25) is 10.0 Å². The fraction of sp³-hybridized carbons (Fsp3) is 0.0588. The molecule has 2 aromatic carbocycles. The van der Waals surface area contributed by atoms with E-state index in [4.69, 9.17) is 35.4 Å². The summed E-state index contributed by atoms with van der Waals surface area (Å²) in [5, 5.41) is 11.6. The normalized spacial score (nSPS) is 10.5. The van der Waals surface area contributed by atoms with E-state index in [1.165, 1.54) is 12.1 Å². The number of rotatable bonds is 4. The fourth-order valence-corrected chi connectivity index (χ4v) is 2.82. The highest BCUT2D eigenvalue weighted by atomic mass is 35.5. The van der Waals surface area contributed by atoms with Crippen LogP contribution in [0.1, 0.15) is 5.56 Å². The highest BCUT2D eigenvalue weighted by Crippen LogP contribution is 2.21. The molecule has 0 saturated carbocycles. The van der Waals surface area contributed by atoms with Gasteiger partial charge in [0.15, 0.2) is 10.9 Å². The minimum absolute atomic E-state index is 0.291. The van der Waals surface area contributed by atoms with Crippen LogP contribution in [0.15, 0.2) is 54.7 Å². The van der Waals surface area contributed by atoms with Gasteiger partial charge in [-0.3, -0.25) is 4.68 Å². The van der Waals surface area contributed by atoms with Gasteiger partial charge in [0.2, 0.25) is 0 Å². The third-order valence-corrected chi connectivity index (χ3v) is 3.98. The van der Waals surface area contributed by atoms with Gasteiger partial charge in [-0.2, -0.15) is 5.10 Å². The van der Waals surface area contributed by atoms with E-state index in [-0.39, 0.29) is 5.82 Å². The maximum atomic E-state index is 13.3. The topological polar surface area (TPSA) is 41.9 Å². The molecule has 25 heavy (non-hydrogen) atoms. The standard InChI is InChI=1S/C17H13Cl2FN4S/c18-12-4-2-6-14(8-12)21-17(25)22-16-15(19)10-24(23-16)9-11-3-1-5-13(20)7-11/h1-8,10H,9H2,(H2,21,22,23,25). The minimum Gasteiger partial charge on any atom is -0.332 e. The Morgan fingerprint density at radius 2 is 1.92 bits per heavy atom. The van der Waals surface area contributed by atoms with E-state index in [2.05, 4.69) is 15.7 Å². The zero-order valence-electron chi connectivity index (χ0n) is 12.8. The van der Waals surface area contributed by atoms with Gasteiger partial charge in [-0.05, 0) is 48.1 Å². The first-order valence-electron chi connectivity index (χ1n) is 7.30. The van der Waals surface area contributed by atoms with Gasteiger partial charge in [0.1, 0.15) is 10.8 Å². The van der Waals surface area contributed by atoms with Crippen LogP contribution < -0.4 is 10.6 Å². The monoisotopic (exact) mass is 394 g/mol. The second-order valence-corrected chi connectivity index (χ2v) is 6.49. The number of nitrogens with one attached hydrogen (secondary N) is 2. The van der Waals surface area contributed by atoms with Crippen molar-refractivity contribution >= 4 is 52.0 Å². The first kappa shape index (κ1) is 17.7. The summed E-state index contributed by atoms with van der Waals surface area (Å²) in [4.78, 5) is 0. The van der Waals surface area contributed by atoms with Crippen molar-refractivity contribution in [2.45, 2.75) is 6.54 Å². The van der Waals surface area contributed by atoms with Gasteiger partial charge in [0.05, 0.1) is 6.54 Å². The Bertz CT molecular complexity index is 913. The minimum atomic E-state index is -0.291. The Morgan fingerprint density at radius 1 is 1.12 bits per heavy atom. The summed E-state index contributed by atoms with van der Waals surface area (Å²) < 4.78 is 14.9. The highest BCUT2D eigenvalue weighted by molar-refractivity contribution is 7.80. The number of hydrogen-bond donors (Lipinski definition) is 2. The predicted molar refractivity (Wildman–Crippen MR) is 104 cm³/mol. The van der Waals surface area contributed by atoms with Crippen LogP contribution in [0.25, 0.3) is 0 Å². The Kier molecular flexibility index (Phi) is 5.53. The lowest BCUT2D eigenvalue weighted by Crippen LogP contribution is -2.19. The molecule has 3 aromatic rings. The SMILES string of the molecule is Fc1cccc(Cn2cc(Cl)c(NC(=S)Nc3cccc(Cl)c3)n2)c1. The maximum absolute atomic E-state index is 13.3. The first-order valence-corrected chi connectivity index (χ1v) is 8.47. The van der Waals surface area contributed by atoms with E-state index >= 15 is 0 Å². The average Bonchev–Trinajstić information content (AvgIpc) is 2.86. The molecule has 0 radical (unpaired) electrons. The largest absolute Gasteiger partial charge is 0.332 e. The Hall–Kier alpha value is -2.15. The van der Waals surface area contributed by atoms with Crippen LogP contribution >= 0.6 is 35.4 Å². The lowest BCUT2D eigenvalue weighted by molar-refractivity contribution is 0.619. The Labute approximate surface area is 159 Å². The van der Waals surface area contributed by atoms with E-state index in [0.29, 0.717) is 27.5 Å². The van der Waals surface area contributed by atoms with E-state index in [9.17, 15) is 4.39 Å². The Morgan fingerprint density at radius 3 is 2.68 bits per heavy atom. The summed E-state index contributed by atoms with van der Waals surface area (Å²) >= 11 is 17.4. The van der Waals surface area contributed by atoms with Crippen LogP contribution in [-0.2, 0) is 6.54 Å². The molecule has 0 aliphatic carbocycles. The van der Waals surface area contributed by atoms with E-state index in [1.807, 2.05) is 18.2 Å². The quantitative estimate of drug-likeness (QED) is 0.597.